The Bertz CT molecular complexity index is 646. The second-order valence-electron chi connectivity index (χ2n) is 4.53. The maximum absolute atomic E-state index is 12.7. The van der Waals surface area contributed by atoms with Gasteiger partial charge in [-0.05, 0) is 25.5 Å². The molecule has 5 nitrogen and oxygen atoms in total. The number of carboxylic acid groups (broad SMARTS) is 1. The highest BCUT2D eigenvalue weighted by atomic mass is 35.5. The molecule has 1 N–H and O–H groups in total. The van der Waals surface area contributed by atoms with Crippen LogP contribution < -0.4 is 0 Å². The van der Waals surface area contributed by atoms with Gasteiger partial charge in [0.25, 0.3) is 0 Å². The molecule has 0 aliphatic carbocycles. The van der Waals surface area contributed by atoms with Gasteiger partial charge in [0.05, 0.1) is 15.6 Å². The van der Waals surface area contributed by atoms with Gasteiger partial charge in [-0.3, -0.25) is 0 Å². The summed E-state index contributed by atoms with van der Waals surface area (Å²) in [6, 6.07) is 1.93. The van der Waals surface area contributed by atoms with Gasteiger partial charge in [0.2, 0.25) is 10.0 Å². The van der Waals surface area contributed by atoms with Crippen LogP contribution in [0.5, 0.6) is 0 Å². The Labute approximate surface area is 134 Å². The summed E-state index contributed by atoms with van der Waals surface area (Å²) in [7, 11) is -3.89. The quantitative estimate of drug-likeness (QED) is 0.848. The highest BCUT2D eigenvalue weighted by Gasteiger charge is 2.30. The molecule has 0 spiro atoms. The Morgan fingerprint density at radius 1 is 1.29 bits per heavy atom. The minimum Gasteiger partial charge on any atom is -0.478 e. The van der Waals surface area contributed by atoms with E-state index in [1.54, 1.807) is 13.8 Å². The minimum atomic E-state index is -3.89. The van der Waals surface area contributed by atoms with Gasteiger partial charge in [-0.1, -0.05) is 37.0 Å². The predicted octanol–water partition coefficient (Wildman–Crippen LogP) is 3.50. The molecule has 1 rings (SSSR count). The number of carboxylic acids is 1. The molecule has 118 valence electrons. The Hall–Kier alpha value is -0.820. The maximum atomic E-state index is 12.7. The number of benzene rings is 1. The van der Waals surface area contributed by atoms with E-state index in [1.807, 2.05) is 6.92 Å². The molecule has 0 aliphatic rings. The monoisotopic (exact) mass is 353 g/mol. The molecule has 0 aliphatic heterocycles. The predicted molar refractivity (Wildman–Crippen MR) is 82.7 cm³/mol. The van der Waals surface area contributed by atoms with E-state index in [9.17, 15) is 13.2 Å². The first-order valence-electron chi connectivity index (χ1n) is 6.40. The lowest BCUT2D eigenvalue weighted by Gasteiger charge is -2.26. The van der Waals surface area contributed by atoms with E-state index < -0.39 is 16.0 Å². The standard InChI is InChI=1S/C13H17Cl2NO4S/c1-4-8(3)16(5-2)21(19,20)12-6-9(13(17)18)10(14)7-11(12)15/h6-8H,4-5H2,1-3H3,(H,17,18). The molecule has 21 heavy (non-hydrogen) atoms. The third kappa shape index (κ3) is 3.69. The number of halogens is 2. The van der Waals surface area contributed by atoms with Crippen LogP contribution >= 0.6 is 23.2 Å². The number of carbonyl (C=O) groups is 1. The fourth-order valence-corrected chi connectivity index (χ4v) is 4.48. The van der Waals surface area contributed by atoms with E-state index in [2.05, 4.69) is 0 Å². The summed E-state index contributed by atoms with van der Waals surface area (Å²) in [5, 5.41) is 8.87. The van der Waals surface area contributed by atoms with Crippen LogP contribution in [0.2, 0.25) is 10.0 Å². The summed E-state index contributed by atoms with van der Waals surface area (Å²) in [6.45, 7) is 5.63. The van der Waals surface area contributed by atoms with Crippen molar-refractivity contribution in [3.8, 4) is 0 Å². The smallest absolute Gasteiger partial charge is 0.337 e. The second kappa shape index (κ2) is 6.96. The van der Waals surface area contributed by atoms with Gasteiger partial charge in [0.15, 0.2) is 0 Å². The van der Waals surface area contributed by atoms with Gasteiger partial charge < -0.3 is 5.11 Å². The summed E-state index contributed by atoms with van der Waals surface area (Å²) >= 11 is 11.7. The minimum absolute atomic E-state index is 0.0910. The zero-order valence-corrected chi connectivity index (χ0v) is 14.3. The van der Waals surface area contributed by atoms with Gasteiger partial charge in [-0.15, -0.1) is 0 Å². The van der Waals surface area contributed by atoms with Gasteiger partial charge in [-0.2, -0.15) is 4.31 Å². The lowest BCUT2D eigenvalue weighted by atomic mass is 10.2. The molecule has 8 heteroatoms. The Morgan fingerprint density at radius 3 is 2.29 bits per heavy atom. The number of aromatic carboxylic acids is 1. The van der Waals surface area contributed by atoms with Crippen LogP contribution in [-0.4, -0.2) is 36.4 Å². The highest BCUT2D eigenvalue weighted by Crippen LogP contribution is 2.31. The molecule has 0 saturated heterocycles. The van der Waals surface area contributed by atoms with Crippen LogP contribution in [0.15, 0.2) is 17.0 Å². The third-order valence-electron chi connectivity index (χ3n) is 3.23. The van der Waals surface area contributed by atoms with Crippen LogP contribution in [0.4, 0.5) is 0 Å². The number of nitrogens with zero attached hydrogens (tertiary/aromatic N) is 1. The van der Waals surface area contributed by atoms with Crippen molar-refractivity contribution in [3.05, 3.63) is 27.7 Å². The molecule has 1 unspecified atom stereocenters. The maximum Gasteiger partial charge on any atom is 0.337 e. The first-order valence-corrected chi connectivity index (χ1v) is 8.60. The van der Waals surface area contributed by atoms with E-state index in [1.165, 1.54) is 4.31 Å². The van der Waals surface area contributed by atoms with Crippen LogP contribution in [0.3, 0.4) is 0 Å². The van der Waals surface area contributed by atoms with E-state index in [4.69, 9.17) is 28.3 Å². The molecule has 0 radical (unpaired) electrons. The topological polar surface area (TPSA) is 74.7 Å². The number of hydrogen-bond donors (Lipinski definition) is 1. The van der Waals surface area contributed by atoms with Crippen LogP contribution in [0, 0.1) is 0 Å². The molecule has 1 aromatic carbocycles. The van der Waals surface area contributed by atoms with Crippen molar-refractivity contribution in [3.63, 3.8) is 0 Å². The summed E-state index contributed by atoms with van der Waals surface area (Å²) in [4.78, 5) is 10.9. The summed E-state index contributed by atoms with van der Waals surface area (Å²) in [5.74, 6) is -1.31. The molecule has 0 aromatic heterocycles. The van der Waals surface area contributed by atoms with E-state index in [-0.39, 0.29) is 33.1 Å². The molecular formula is C13H17Cl2NO4S. The van der Waals surface area contributed by atoms with Crippen LogP contribution in [0.25, 0.3) is 0 Å². The van der Waals surface area contributed by atoms with E-state index in [0.717, 1.165) is 12.1 Å². The molecule has 0 fully saturated rings. The largest absolute Gasteiger partial charge is 0.478 e. The zero-order chi connectivity index (χ0) is 16.4. The van der Waals surface area contributed by atoms with Gasteiger partial charge in [0.1, 0.15) is 4.90 Å². The Kier molecular flexibility index (Phi) is 6.04. The first kappa shape index (κ1) is 18.2. The molecule has 0 amide bonds. The fraction of sp³-hybridized carbons (Fsp3) is 0.462. The van der Waals surface area contributed by atoms with Gasteiger partial charge >= 0.3 is 5.97 Å². The van der Waals surface area contributed by atoms with Crippen molar-refractivity contribution < 1.29 is 18.3 Å². The van der Waals surface area contributed by atoms with Crippen molar-refractivity contribution >= 4 is 39.2 Å². The van der Waals surface area contributed by atoms with Crippen molar-refractivity contribution in [1.82, 2.24) is 4.31 Å². The number of hydrogen-bond acceptors (Lipinski definition) is 3. The first-order chi connectivity index (χ1) is 9.66. The summed E-state index contributed by atoms with van der Waals surface area (Å²) in [5.41, 5.74) is -0.292. The number of sulfonamides is 1. The third-order valence-corrected chi connectivity index (χ3v) is 6.10. The second-order valence-corrected chi connectivity index (χ2v) is 7.21. The van der Waals surface area contributed by atoms with Gasteiger partial charge in [0, 0.05) is 12.6 Å². The average molecular weight is 354 g/mol. The molecule has 0 saturated carbocycles. The Morgan fingerprint density at radius 2 is 1.86 bits per heavy atom. The molecule has 0 heterocycles. The zero-order valence-electron chi connectivity index (χ0n) is 11.9. The molecular weight excluding hydrogens is 337 g/mol. The summed E-state index contributed by atoms with van der Waals surface area (Å²) in [6.07, 6.45) is 0.629. The molecule has 0 bridgehead atoms. The van der Waals surface area contributed by atoms with E-state index in [0.29, 0.717) is 6.42 Å². The fourth-order valence-electron chi connectivity index (χ4n) is 1.94. The van der Waals surface area contributed by atoms with Crippen molar-refractivity contribution in [2.75, 3.05) is 6.54 Å². The van der Waals surface area contributed by atoms with E-state index >= 15 is 0 Å². The van der Waals surface area contributed by atoms with Crippen LogP contribution in [0.1, 0.15) is 37.6 Å². The molecule has 1 atom stereocenters. The van der Waals surface area contributed by atoms with Crippen molar-refractivity contribution in [2.24, 2.45) is 0 Å². The van der Waals surface area contributed by atoms with Crippen molar-refractivity contribution in [1.29, 1.82) is 0 Å². The van der Waals surface area contributed by atoms with Gasteiger partial charge in [-0.25, -0.2) is 13.2 Å². The number of rotatable bonds is 6. The lowest BCUT2D eigenvalue weighted by molar-refractivity contribution is 0.0697. The Balaban J connectivity index is 3.50. The van der Waals surface area contributed by atoms with Crippen molar-refractivity contribution in [2.45, 2.75) is 38.1 Å². The van der Waals surface area contributed by atoms with Crippen LogP contribution in [-0.2, 0) is 10.0 Å². The average Bonchev–Trinajstić information content (AvgIpc) is 2.37. The SMILES string of the molecule is CCC(C)N(CC)S(=O)(=O)c1cc(C(=O)O)c(Cl)cc1Cl. The normalized spacial score (nSPS) is 13.4. The highest BCUT2D eigenvalue weighted by molar-refractivity contribution is 7.89. The molecule has 1 aromatic rings. The summed E-state index contributed by atoms with van der Waals surface area (Å²) < 4.78 is 26.6. The lowest BCUT2D eigenvalue weighted by Crippen LogP contribution is -2.38.